The van der Waals surface area contributed by atoms with Gasteiger partial charge in [-0.3, -0.25) is 4.90 Å². The van der Waals surface area contributed by atoms with Crippen molar-refractivity contribution in [2.45, 2.75) is 39.7 Å². The van der Waals surface area contributed by atoms with Gasteiger partial charge in [-0.25, -0.2) is 19.3 Å². The van der Waals surface area contributed by atoms with Crippen LogP contribution in [-0.4, -0.2) is 46.5 Å². The molecule has 2 aromatic rings. The number of hydrogen-bond donors (Lipinski definition) is 0. The lowest BCUT2D eigenvalue weighted by Gasteiger charge is -2.33. The maximum absolute atomic E-state index is 14.4. The van der Waals surface area contributed by atoms with Crippen molar-refractivity contribution in [1.29, 1.82) is 0 Å². The summed E-state index contributed by atoms with van der Waals surface area (Å²) in [6, 6.07) is 0. The van der Waals surface area contributed by atoms with Crippen molar-refractivity contribution >= 4 is 17.2 Å². The summed E-state index contributed by atoms with van der Waals surface area (Å²) in [5, 5.41) is 3.28. The first-order valence-electron chi connectivity index (χ1n) is 8.90. The van der Waals surface area contributed by atoms with Gasteiger partial charge < -0.3 is 4.90 Å². The Balaban J connectivity index is 1.52. The first kappa shape index (κ1) is 18.2. The van der Waals surface area contributed by atoms with Crippen LogP contribution < -0.4 is 4.90 Å². The molecule has 1 fully saturated rings. The first-order valence-corrected chi connectivity index (χ1v) is 9.78. The van der Waals surface area contributed by atoms with Crippen LogP contribution >= 0.6 is 11.3 Å². The summed E-state index contributed by atoms with van der Waals surface area (Å²) in [5.74, 6) is 0.717. The standard InChI is InChI=1S/C18H26FN5S/c1-4-16-17(19)18(21-12-20-16)23(3)9-14-5-7-24(8-6-14)10-15-11-25-13(2)22-15/h11-12,14H,4-10H2,1-3H3. The van der Waals surface area contributed by atoms with E-state index in [1.54, 1.807) is 11.3 Å². The molecule has 1 saturated heterocycles. The number of hydrogen-bond acceptors (Lipinski definition) is 6. The Morgan fingerprint density at radius 1 is 1.32 bits per heavy atom. The Morgan fingerprint density at radius 2 is 2.08 bits per heavy atom. The summed E-state index contributed by atoms with van der Waals surface area (Å²) in [6.45, 7) is 7.87. The van der Waals surface area contributed by atoms with Gasteiger partial charge in [0.15, 0.2) is 11.6 Å². The molecule has 0 aliphatic carbocycles. The van der Waals surface area contributed by atoms with E-state index in [1.807, 2.05) is 25.8 Å². The summed E-state index contributed by atoms with van der Waals surface area (Å²) in [6.07, 6.45) is 4.30. The van der Waals surface area contributed by atoms with Crippen LogP contribution in [0.1, 0.15) is 36.2 Å². The maximum atomic E-state index is 14.4. The summed E-state index contributed by atoms with van der Waals surface area (Å²) in [7, 11) is 1.93. The zero-order chi connectivity index (χ0) is 17.8. The average Bonchev–Trinajstić information content (AvgIpc) is 3.01. The third kappa shape index (κ3) is 4.52. The van der Waals surface area contributed by atoms with E-state index in [9.17, 15) is 4.39 Å². The molecular weight excluding hydrogens is 337 g/mol. The van der Waals surface area contributed by atoms with Crippen molar-refractivity contribution in [2.24, 2.45) is 5.92 Å². The van der Waals surface area contributed by atoms with E-state index in [1.165, 1.54) is 12.0 Å². The molecule has 0 bridgehead atoms. The topological polar surface area (TPSA) is 45.2 Å². The highest BCUT2D eigenvalue weighted by atomic mass is 32.1. The van der Waals surface area contributed by atoms with E-state index < -0.39 is 0 Å². The molecule has 7 heteroatoms. The molecule has 1 aliphatic rings. The van der Waals surface area contributed by atoms with Gasteiger partial charge in [-0.15, -0.1) is 11.3 Å². The number of nitrogens with zero attached hydrogens (tertiary/aromatic N) is 5. The van der Waals surface area contributed by atoms with E-state index in [0.717, 1.165) is 44.0 Å². The summed E-state index contributed by atoms with van der Waals surface area (Å²) < 4.78 is 14.4. The highest BCUT2D eigenvalue weighted by Crippen LogP contribution is 2.23. The Hall–Kier alpha value is -1.60. The molecule has 0 amide bonds. The lowest BCUT2D eigenvalue weighted by atomic mass is 9.96. The maximum Gasteiger partial charge on any atom is 0.187 e. The fourth-order valence-electron chi connectivity index (χ4n) is 3.42. The second-order valence-electron chi connectivity index (χ2n) is 6.77. The number of aromatic nitrogens is 3. The van der Waals surface area contributed by atoms with Gasteiger partial charge >= 0.3 is 0 Å². The average molecular weight is 364 g/mol. The molecule has 136 valence electrons. The lowest BCUT2D eigenvalue weighted by molar-refractivity contribution is 0.178. The van der Waals surface area contributed by atoms with Gasteiger partial charge in [0, 0.05) is 25.5 Å². The van der Waals surface area contributed by atoms with Crippen LogP contribution in [0.3, 0.4) is 0 Å². The van der Waals surface area contributed by atoms with E-state index in [0.29, 0.717) is 23.9 Å². The third-order valence-electron chi connectivity index (χ3n) is 4.83. The predicted molar refractivity (Wildman–Crippen MR) is 99.5 cm³/mol. The molecule has 3 rings (SSSR count). The van der Waals surface area contributed by atoms with Crippen LogP contribution in [0.25, 0.3) is 0 Å². The zero-order valence-corrected chi connectivity index (χ0v) is 16.0. The molecule has 0 N–H and O–H groups in total. The van der Waals surface area contributed by atoms with E-state index in [2.05, 4.69) is 25.2 Å². The molecule has 0 radical (unpaired) electrons. The quantitative estimate of drug-likeness (QED) is 0.788. The van der Waals surface area contributed by atoms with Crippen molar-refractivity contribution in [3.8, 4) is 0 Å². The van der Waals surface area contributed by atoms with Gasteiger partial charge in [-0.05, 0) is 45.2 Å². The van der Waals surface area contributed by atoms with Crippen LogP contribution in [0.2, 0.25) is 0 Å². The first-order chi connectivity index (χ1) is 12.1. The van der Waals surface area contributed by atoms with Crippen LogP contribution in [0.4, 0.5) is 10.2 Å². The minimum absolute atomic E-state index is 0.274. The number of halogens is 1. The van der Waals surface area contributed by atoms with Crippen LogP contribution in [0.15, 0.2) is 11.7 Å². The van der Waals surface area contributed by atoms with Gasteiger partial charge in [0.05, 0.1) is 16.4 Å². The summed E-state index contributed by atoms with van der Waals surface area (Å²) in [4.78, 5) is 17.1. The van der Waals surface area contributed by atoms with Crippen molar-refractivity contribution < 1.29 is 4.39 Å². The van der Waals surface area contributed by atoms with Gasteiger partial charge in [-0.2, -0.15) is 0 Å². The largest absolute Gasteiger partial charge is 0.357 e. The van der Waals surface area contributed by atoms with Gasteiger partial charge in [0.1, 0.15) is 6.33 Å². The SMILES string of the molecule is CCc1ncnc(N(C)CC2CCN(Cc3csc(C)n3)CC2)c1F. The monoisotopic (exact) mass is 363 g/mol. The Labute approximate surface area is 152 Å². The van der Waals surface area contributed by atoms with E-state index in [-0.39, 0.29) is 5.82 Å². The summed E-state index contributed by atoms with van der Waals surface area (Å²) in [5.41, 5.74) is 1.67. The fraction of sp³-hybridized carbons (Fsp3) is 0.611. The smallest absolute Gasteiger partial charge is 0.187 e. The number of aryl methyl sites for hydroxylation is 2. The van der Waals surface area contributed by atoms with E-state index in [4.69, 9.17) is 0 Å². The molecule has 5 nitrogen and oxygen atoms in total. The Kier molecular flexibility index (Phi) is 5.96. The van der Waals surface area contributed by atoms with Crippen LogP contribution in [0, 0.1) is 18.7 Å². The highest BCUT2D eigenvalue weighted by Gasteiger charge is 2.23. The Morgan fingerprint density at radius 3 is 2.72 bits per heavy atom. The van der Waals surface area contributed by atoms with Crippen molar-refractivity contribution in [2.75, 3.05) is 31.6 Å². The zero-order valence-electron chi connectivity index (χ0n) is 15.2. The number of piperidine rings is 1. The molecule has 1 aliphatic heterocycles. The molecule has 0 spiro atoms. The normalized spacial score (nSPS) is 16.3. The second kappa shape index (κ2) is 8.19. The Bertz CT molecular complexity index is 697. The highest BCUT2D eigenvalue weighted by molar-refractivity contribution is 7.09. The van der Waals surface area contributed by atoms with Crippen molar-refractivity contribution in [3.05, 3.63) is 33.9 Å². The summed E-state index contributed by atoms with van der Waals surface area (Å²) >= 11 is 1.71. The van der Waals surface area contributed by atoms with E-state index >= 15 is 0 Å². The second-order valence-corrected chi connectivity index (χ2v) is 7.83. The molecule has 25 heavy (non-hydrogen) atoms. The number of rotatable bonds is 6. The van der Waals surface area contributed by atoms with Crippen LogP contribution in [-0.2, 0) is 13.0 Å². The molecule has 0 atom stereocenters. The van der Waals surface area contributed by atoms with Gasteiger partial charge in [-0.1, -0.05) is 6.92 Å². The molecule has 0 unspecified atom stereocenters. The third-order valence-corrected chi connectivity index (χ3v) is 5.65. The molecular formula is C18H26FN5S. The number of anilines is 1. The molecule has 2 aromatic heterocycles. The minimum Gasteiger partial charge on any atom is -0.357 e. The minimum atomic E-state index is -0.274. The fourth-order valence-corrected chi connectivity index (χ4v) is 4.02. The number of likely N-dealkylation sites (tertiary alicyclic amines) is 1. The predicted octanol–water partition coefficient (Wildman–Crippen LogP) is 3.29. The van der Waals surface area contributed by atoms with Crippen molar-refractivity contribution in [3.63, 3.8) is 0 Å². The van der Waals surface area contributed by atoms with Gasteiger partial charge in [0.2, 0.25) is 0 Å². The van der Waals surface area contributed by atoms with Crippen LogP contribution in [0.5, 0.6) is 0 Å². The van der Waals surface area contributed by atoms with Gasteiger partial charge in [0.25, 0.3) is 0 Å². The number of thiazole rings is 1. The van der Waals surface area contributed by atoms with Crippen molar-refractivity contribution in [1.82, 2.24) is 19.9 Å². The molecule has 0 aromatic carbocycles. The molecule has 0 saturated carbocycles. The molecule has 3 heterocycles. The lowest BCUT2D eigenvalue weighted by Crippen LogP contribution is -2.38.